The molecule has 1 aliphatic rings. The molecule has 0 heterocycles. The van der Waals surface area contributed by atoms with E-state index in [1.807, 2.05) is 30.3 Å². The zero-order valence-corrected chi connectivity index (χ0v) is 12.4. The fraction of sp³-hybridized carbons (Fsp3) is 0.250. The lowest BCUT2D eigenvalue weighted by atomic mass is 9.71. The third kappa shape index (κ3) is 1.54. The lowest BCUT2D eigenvalue weighted by Gasteiger charge is -2.28. The van der Waals surface area contributed by atoms with Crippen molar-refractivity contribution in [3.8, 4) is 0 Å². The third-order valence-electron chi connectivity index (χ3n) is 3.90. The molecule has 0 aromatic heterocycles. The van der Waals surface area contributed by atoms with Crippen LogP contribution in [0.5, 0.6) is 0 Å². The van der Waals surface area contributed by atoms with Crippen LogP contribution < -0.4 is 0 Å². The number of hydrogen-bond donors (Lipinski definition) is 0. The highest BCUT2D eigenvalue weighted by Gasteiger charge is 2.42. The number of Topliss-reactive ketones (excluding diaryl/α,β-unsaturated/α-hetero) is 2. The molecule has 0 amide bonds. The Morgan fingerprint density at radius 1 is 1.00 bits per heavy atom. The summed E-state index contributed by atoms with van der Waals surface area (Å²) in [5.41, 5.74) is 1.47. The molecule has 0 bridgehead atoms. The molecule has 96 valence electrons. The summed E-state index contributed by atoms with van der Waals surface area (Å²) in [7, 11) is 0. The first-order chi connectivity index (χ1) is 8.98. The minimum Gasteiger partial charge on any atom is -0.293 e. The van der Waals surface area contributed by atoms with Crippen LogP contribution in [0.4, 0.5) is 0 Å². The molecule has 3 rings (SSSR count). The van der Waals surface area contributed by atoms with E-state index < -0.39 is 5.41 Å². The monoisotopic (exact) mass is 316 g/mol. The lowest BCUT2D eigenvalue weighted by Crippen LogP contribution is -2.37. The van der Waals surface area contributed by atoms with Crippen LogP contribution in [0.15, 0.2) is 30.3 Å². The second kappa shape index (κ2) is 4.01. The summed E-state index contributed by atoms with van der Waals surface area (Å²) in [4.78, 5) is 25.0. The lowest BCUT2D eigenvalue weighted by molar-refractivity contribution is 0.0706. The molecule has 1 aliphatic carbocycles. The number of halogens is 1. The summed E-state index contributed by atoms with van der Waals surface area (Å²) >= 11 is 3.45. The Kier molecular flexibility index (Phi) is 2.65. The maximum absolute atomic E-state index is 12.5. The van der Waals surface area contributed by atoms with Gasteiger partial charge < -0.3 is 0 Å². The first-order valence-electron chi connectivity index (χ1n) is 6.18. The molecule has 0 fully saturated rings. The van der Waals surface area contributed by atoms with Crippen LogP contribution in [0.1, 0.15) is 40.1 Å². The maximum Gasteiger partial charge on any atom is 0.176 e. The average molecular weight is 317 g/mol. The van der Waals surface area contributed by atoms with Crippen molar-refractivity contribution >= 4 is 38.3 Å². The molecule has 19 heavy (non-hydrogen) atoms. The van der Waals surface area contributed by atoms with Crippen LogP contribution in [0.2, 0.25) is 0 Å². The van der Waals surface area contributed by atoms with Gasteiger partial charge in [-0.15, -0.1) is 0 Å². The van der Waals surface area contributed by atoms with Crippen LogP contribution in [0.25, 0.3) is 10.8 Å². The van der Waals surface area contributed by atoms with E-state index >= 15 is 0 Å². The van der Waals surface area contributed by atoms with Crippen molar-refractivity contribution in [2.75, 3.05) is 0 Å². The van der Waals surface area contributed by atoms with Crippen LogP contribution in [0, 0.1) is 5.41 Å². The molecule has 0 radical (unpaired) electrons. The van der Waals surface area contributed by atoms with Gasteiger partial charge in [0.15, 0.2) is 11.6 Å². The fourth-order valence-corrected chi connectivity index (χ4v) is 3.23. The summed E-state index contributed by atoms with van der Waals surface area (Å²) in [5.74, 6) is -0.162. The minimum atomic E-state index is -0.961. The predicted octanol–water partition coefficient (Wildman–Crippen LogP) is 4.14. The summed E-state index contributed by atoms with van der Waals surface area (Å²) in [6.07, 6.45) is 0. The number of carbonyl (C=O) groups excluding carboxylic acids is 2. The number of hydrogen-bond acceptors (Lipinski definition) is 2. The van der Waals surface area contributed by atoms with Crippen molar-refractivity contribution in [1.29, 1.82) is 0 Å². The van der Waals surface area contributed by atoms with Gasteiger partial charge in [-0.05, 0) is 24.8 Å². The maximum atomic E-state index is 12.5. The Morgan fingerprint density at radius 3 is 2.26 bits per heavy atom. The van der Waals surface area contributed by atoms with Gasteiger partial charge in [0.1, 0.15) is 0 Å². The Hall–Kier alpha value is -1.48. The SMILES string of the molecule is CC1(C)C(=O)c2cccc3c(CBr)ccc(c23)C1=O. The minimum absolute atomic E-state index is 0.0812. The molecule has 2 aromatic rings. The highest BCUT2D eigenvalue weighted by atomic mass is 79.9. The molecule has 2 aromatic carbocycles. The van der Waals surface area contributed by atoms with E-state index in [0.29, 0.717) is 16.5 Å². The zero-order valence-electron chi connectivity index (χ0n) is 10.8. The van der Waals surface area contributed by atoms with Crippen LogP contribution in [0.3, 0.4) is 0 Å². The largest absolute Gasteiger partial charge is 0.293 e. The molecule has 2 nitrogen and oxygen atoms in total. The van der Waals surface area contributed by atoms with Gasteiger partial charge in [0.25, 0.3) is 0 Å². The number of rotatable bonds is 1. The molecule has 0 atom stereocenters. The number of alkyl halides is 1. The first kappa shape index (κ1) is 12.5. The molecule has 0 saturated heterocycles. The summed E-state index contributed by atoms with van der Waals surface area (Å²) in [6.45, 7) is 3.41. The van der Waals surface area contributed by atoms with E-state index in [-0.39, 0.29) is 11.6 Å². The third-order valence-corrected chi connectivity index (χ3v) is 4.50. The van der Waals surface area contributed by atoms with Crippen LogP contribution in [-0.4, -0.2) is 11.6 Å². The van der Waals surface area contributed by atoms with Crippen molar-refractivity contribution in [1.82, 2.24) is 0 Å². The summed E-state index contributed by atoms with van der Waals surface area (Å²) < 4.78 is 0. The number of ketones is 2. The van der Waals surface area contributed by atoms with E-state index in [1.165, 1.54) is 0 Å². The van der Waals surface area contributed by atoms with Crippen molar-refractivity contribution in [2.24, 2.45) is 5.41 Å². The van der Waals surface area contributed by atoms with E-state index in [2.05, 4.69) is 15.9 Å². The Balaban J connectivity index is 2.50. The van der Waals surface area contributed by atoms with Gasteiger partial charge in [-0.1, -0.05) is 46.3 Å². The van der Waals surface area contributed by atoms with Gasteiger partial charge in [0.05, 0.1) is 5.41 Å². The highest BCUT2D eigenvalue weighted by Crippen LogP contribution is 2.39. The van der Waals surface area contributed by atoms with E-state index in [9.17, 15) is 9.59 Å². The van der Waals surface area contributed by atoms with E-state index in [0.717, 1.165) is 16.3 Å². The van der Waals surface area contributed by atoms with Crippen LogP contribution >= 0.6 is 15.9 Å². The van der Waals surface area contributed by atoms with Crippen molar-refractivity contribution in [2.45, 2.75) is 19.2 Å². The molecule has 3 heteroatoms. The summed E-state index contributed by atoms with van der Waals surface area (Å²) in [6, 6.07) is 9.48. The average Bonchev–Trinajstić information content (AvgIpc) is 2.42. The molecule has 0 N–H and O–H groups in total. The normalized spacial score (nSPS) is 17.0. The molecule has 0 spiro atoms. The van der Waals surface area contributed by atoms with Gasteiger partial charge in [0.2, 0.25) is 0 Å². The fourth-order valence-electron chi connectivity index (χ4n) is 2.74. The molecular formula is C16H13BrO2. The standard InChI is InChI=1S/C16H13BrO2/c1-16(2)14(18)11-5-3-4-10-9(8-17)6-7-12(13(10)11)15(16)19/h3-7H,8H2,1-2H3. The molecule has 0 saturated carbocycles. The molecular weight excluding hydrogens is 304 g/mol. The van der Waals surface area contributed by atoms with Crippen molar-refractivity contribution in [3.05, 3.63) is 47.0 Å². The number of benzene rings is 2. The van der Waals surface area contributed by atoms with E-state index in [1.54, 1.807) is 13.8 Å². The Labute approximate surface area is 119 Å². The Bertz CT molecular complexity index is 705. The quantitative estimate of drug-likeness (QED) is 0.585. The smallest absolute Gasteiger partial charge is 0.176 e. The second-order valence-electron chi connectivity index (χ2n) is 5.42. The second-order valence-corrected chi connectivity index (χ2v) is 5.98. The molecule has 0 aliphatic heterocycles. The van der Waals surface area contributed by atoms with Gasteiger partial charge in [-0.25, -0.2) is 0 Å². The van der Waals surface area contributed by atoms with Gasteiger partial charge in [-0.3, -0.25) is 9.59 Å². The zero-order chi connectivity index (χ0) is 13.8. The molecule has 0 unspecified atom stereocenters. The van der Waals surface area contributed by atoms with Gasteiger partial charge >= 0.3 is 0 Å². The Morgan fingerprint density at radius 2 is 1.63 bits per heavy atom. The van der Waals surface area contributed by atoms with E-state index in [4.69, 9.17) is 0 Å². The van der Waals surface area contributed by atoms with Crippen LogP contribution in [-0.2, 0) is 5.33 Å². The predicted molar refractivity (Wildman–Crippen MR) is 79.0 cm³/mol. The topological polar surface area (TPSA) is 34.1 Å². The van der Waals surface area contributed by atoms with Crippen molar-refractivity contribution < 1.29 is 9.59 Å². The van der Waals surface area contributed by atoms with Gasteiger partial charge in [0, 0.05) is 21.8 Å². The first-order valence-corrected chi connectivity index (χ1v) is 7.31. The number of carbonyl (C=O) groups is 2. The van der Waals surface area contributed by atoms with Gasteiger partial charge in [-0.2, -0.15) is 0 Å². The van der Waals surface area contributed by atoms with Crippen molar-refractivity contribution in [3.63, 3.8) is 0 Å². The summed E-state index contributed by atoms with van der Waals surface area (Å²) in [5, 5.41) is 2.51. The highest BCUT2D eigenvalue weighted by molar-refractivity contribution is 9.08.